The Labute approximate surface area is 705 Å². The fourth-order valence-corrected chi connectivity index (χ4v) is 14.9. The molecule has 0 amide bonds. The topological polar surface area (TPSA) is 169 Å². The summed E-state index contributed by atoms with van der Waals surface area (Å²) in [7, 11) is 0. The van der Waals surface area contributed by atoms with Gasteiger partial charge in [-0.1, -0.05) is 218 Å². The normalized spacial score (nSPS) is 11.0. The molecule has 0 saturated heterocycles. The van der Waals surface area contributed by atoms with Crippen LogP contribution in [0, 0.1) is 0 Å². The van der Waals surface area contributed by atoms with Crippen molar-refractivity contribution in [2.45, 2.75) is 12.8 Å². The molecule has 4 heterocycles. The Kier molecular flexibility index (Phi) is 21.9. The molecule has 16 aromatic carbocycles. The van der Waals surface area contributed by atoms with E-state index in [9.17, 15) is 0 Å². The SMILES string of the molecule is c1ccc(N(c2ccccc2)c2cccc(-c3nnc(-c4ccc(Cc5ccc(-c6nnc(-c7cccc(N(c8ccccc8)c8ccccc8)c7)o6)cc5)cc4)o3)c2)cc1.c1ccc(N(c2ccccc2)c2cccc(-c3nnc(-c4ccc(Cc5ccc(-c6nnc(-c7cccc(N(c8ccccc8)c8ccccc8)c7)o6)cc5)cc4)o3)c2)cc1. The lowest BCUT2D eigenvalue weighted by Crippen LogP contribution is -2.09. The summed E-state index contributed by atoms with van der Waals surface area (Å²) < 4.78 is 24.9. The molecule has 4 aromatic heterocycles. The molecule has 16 nitrogen and oxygen atoms in total. The zero-order valence-electron chi connectivity index (χ0n) is 66.0. The van der Waals surface area contributed by atoms with Crippen LogP contribution in [0.1, 0.15) is 22.3 Å². The molecule has 0 saturated carbocycles. The highest BCUT2D eigenvalue weighted by Gasteiger charge is 2.23. The lowest BCUT2D eigenvalue weighted by atomic mass is 10.0. The highest BCUT2D eigenvalue weighted by Crippen LogP contribution is 2.43. The van der Waals surface area contributed by atoms with Crippen molar-refractivity contribution in [2.75, 3.05) is 19.6 Å². The number of aromatic nitrogens is 8. The molecule has 584 valence electrons. The minimum atomic E-state index is 0.460. The van der Waals surface area contributed by atoms with Crippen LogP contribution in [0.5, 0.6) is 0 Å². The first kappa shape index (κ1) is 75.3. The third kappa shape index (κ3) is 17.1. The number of nitrogens with zero attached hydrogens (tertiary/aromatic N) is 12. The minimum Gasteiger partial charge on any atom is -0.416 e. The summed E-state index contributed by atoms with van der Waals surface area (Å²) in [5.74, 6) is 3.71. The van der Waals surface area contributed by atoms with Crippen molar-refractivity contribution in [2.24, 2.45) is 0 Å². The summed E-state index contributed by atoms with van der Waals surface area (Å²) in [6.45, 7) is 0. The maximum atomic E-state index is 6.24. The third-order valence-electron chi connectivity index (χ3n) is 20.8. The zero-order valence-corrected chi connectivity index (χ0v) is 66.0. The van der Waals surface area contributed by atoms with Gasteiger partial charge < -0.3 is 37.3 Å². The highest BCUT2D eigenvalue weighted by molar-refractivity contribution is 5.84. The van der Waals surface area contributed by atoms with Crippen LogP contribution in [-0.2, 0) is 12.8 Å². The van der Waals surface area contributed by atoms with E-state index in [-0.39, 0.29) is 0 Å². The van der Waals surface area contributed by atoms with Crippen molar-refractivity contribution in [1.29, 1.82) is 0 Å². The van der Waals surface area contributed by atoms with Gasteiger partial charge in [-0.25, -0.2) is 0 Å². The molecular weight excluding hydrogens is 1510 g/mol. The lowest BCUT2D eigenvalue weighted by Gasteiger charge is -2.25. The maximum Gasteiger partial charge on any atom is 0.248 e. The van der Waals surface area contributed by atoms with E-state index in [2.05, 4.69) is 255 Å². The smallest absolute Gasteiger partial charge is 0.248 e. The second-order valence-electron chi connectivity index (χ2n) is 29.0. The number of hydrogen-bond donors (Lipinski definition) is 0. The van der Waals surface area contributed by atoms with E-state index in [1.165, 1.54) is 0 Å². The number of rotatable bonds is 24. The molecule has 0 unspecified atom stereocenters. The molecular formula is C106H76N12O4. The summed E-state index contributed by atoms with van der Waals surface area (Å²) in [5.41, 5.74) is 23.8. The van der Waals surface area contributed by atoms with Crippen LogP contribution in [0.25, 0.3) is 91.6 Å². The van der Waals surface area contributed by atoms with Gasteiger partial charge in [-0.3, -0.25) is 0 Å². The molecule has 20 aromatic rings. The van der Waals surface area contributed by atoms with Gasteiger partial charge in [-0.05, 0) is 253 Å². The third-order valence-corrected chi connectivity index (χ3v) is 20.8. The van der Waals surface area contributed by atoms with E-state index < -0.39 is 0 Å². The van der Waals surface area contributed by atoms with E-state index in [1.807, 2.05) is 243 Å². The monoisotopic (exact) mass is 1580 g/mol. The Morgan fingerprint density at radius 2 is 0.287 bits per heavy atom. The number of para-hydroxylation sites is 8. The van der Waals surface area contributed by atoms with Crippen LogP contribution in [0.2, 0.25) is 0 Å². The lowest BCUT2D eigenvalue weighted by molar-refractivity contribution is 0.584. The van der Waals surface area contributed by atoms with Gasteiger partial charge in [-0.2, -0.15) is 0 Å². The first-order chi connectivity index (χ1) is 60.4. The molecule has 0 fully saturated rings. The van der Waals surface area contributed by atoms with Crippen molar-refractivity contribution in [3.05, 3.63) is 459 Å². The van der Waals surface area contributed by atoms with E-state index >= 15 is 0 Å². The molecule has 0 aliphatic carbocycles. The second-order valence-corrected chi connectivity index (χ2v) is 29.0. The maximum absolute atomic E-state index is 6.24. The predicted molar refractivity (Wildman–Crippen MR) is 485 cm³/mol. The zero-order chi connectivity index (χ0) is 81.6. The molecule has 16 heteroatoms. The van der Waals surface area contributed by atoms with Crippen molar-refractivity contribution in [1.82, 2.24) is 40.8 Å². The van der Waals surface area contributed by atoms with Crippen molar-refractivity contribution in [3.63, 3.8) is 0 Å². The van der Waals surface area contributed by atoms with Crippen molar-refractivity contribution < 1.29 is 17.7 Å². The van der Waals surface area contributed by atoms with Crippen LogP contribution < -0.4 is 19.6 Å². The highest BCUT2D eigenvalue weighted by atomic mass is 16.4. The first-order valence-electron chi connectivity index (χ1n) is 40.2. The Morgan fingerprint density at radius 1 is 0.139 bits per heavy atom. The van der Waals surface area contributed by atoms with Crippen LogP contribution in [-0.4, -0.2) is 40.8 Å². The van der Waals surface area contributed by atoms with Gasteiger partial charge in [0.2, 0.25) is 47.1 Å². The molecule has 0 spiro atoms. The second kappa shape index (κ2) is 35.4. The van der Waals surface area contributed by atoms with Gasteiger partial charge in [-0.15, -0.1) is 40.8 Å². The molecule has 0 atom stereocenters. The molecule has 0 bridgehead atoms. The Balaban J connectivity index is 0.000000161. The largest absolute Gasteiger partial charge is 0.416 e. The minimum absolute atomic E-state index is 0.460. The molecule has 122 heavy (non-hydrogen) atoms. The summed E-state index contributed by atoms with van der Waals surface area (Å²) in [6, 6.07) is 148. The Bertz CT molecular complexity index is 5820. The van der Waals surface area contributed by atoms with Gasteiger partial charge in [0.05, 0.1) is 0 Å². The summed E-state index contributed by atoms with van der Waals surface area (Å²) in [6.07, 6.45) is 1.51. The van der Waals surface area contributed by atoms with E-state index in [1.54, 1.807) is 0 Å². The van der Waals surface area contributed by atoms with Crippen LogP contribution in [0.3, 0.4) is 0 Å². The van der Waals surface area contributed by atoms with Crippen molar-refractivity contribution >= 4 is 68.2 Å². The molecule has 20 rings (SSSR count). The Hall–Kier alpha value is -16.7. The van der Waals surface area contributed by atoms with Gasteiger partial charge in [0.25, 0.3) is 0 Å². The molecule has 0 aliphatic rings. The van der Waals surface area contributed by atoms with Gasteiger partial charge in [0, 0.05) is 113 Å². The van der Waals surface area contributed by atoms with E-state index in [4.69, 9.17) is 17.7 Å². The number of benzene rings is 16. The van der Waals surface area contributed by atoms with Gasteiger partial charge in [0.15, 0.2) is 0 Å². The number of anilines is 12. The van der Waals surface area contributed by atoms with Crippen LogP contribution >= 0.6 is 0 Å². The van der Waals surface area contributed by atoms with Gasteiger partial charge in [0.1, 0.15) is 0 Å². The standard InChI is InChI=1S/2C53H38N6O2/c2*1-5-17-44(18-6-1)58(45-19-7-2-8-20-45)48-25-13-15-42(36-48)52-56-54-50(60-52)40-31-27-38(28-32-40)35-39-29-33-41(34-30-39)51-55-57-53(61-51)43-16-14-26-49(37-43)59(46-21-9-3-10-22-46)47-23-11-4-12-24-47/h2*1-34,36-37H,35H2. The van der Waals surface area contributed by atoms with E-state index in [0.29, 0.717) is 47.1 Å². The number of hydrogen-bond acceptors (Lipinski definition) is 16. The van der Waals surface area contributed by atoms with Crippen LogP contribution in [0.4, 0.5) is 68.2 Å². The van der Waals surface area contributed by atoms with E-state index in [0.717, 1.165) is 148 Å². The van der Waals surface area contributed by atoms with Gasteiger partial charge >= 0.3 is 0 Å². The average molecular weight is 1580 g/mol. The van der Waals surface area contributed by atoms with Crippen molar-refractivity contribution in [3.8, 4) is 91.6 Å². The summed E-state index contributed by atoms with van der Waals surface area (Å²) in [5, 5.41) is 35.4. The summed E-state index contributed by atoms with van der Waals surface area (Å²) >= 11 is 0. The fraction of sp³-hybridized carbons (Fsp3) is 0.0189. The average Bonchev–Trinajstić information content (AvgIpc) is 1.20. The van der Waals surface area contributed by atoms with Crippen LogP contribution in [0.15, 0.2) is 454 Å². The quantitative estimate of drug-likeness (QED) is 0.0559. The summed E-state index contributed by atoms with van der Waals surface area (Å²) in [4.78, 5) is 8.84. The molecule has 0 N–H and O–H groups in total. The Morgan fingerprint density at radius 3 is 0.451 bits per heavy atom. The fourth-order valence-electron chi connectivity index (χ4n) is 14.9. The predicted octanol–water partition coefficient (Wildman–Crippen LogP) is 27.3. The molecule has 0 aliphatic heterocycles. The first-order valence-corrected chi connectivity index (χ1v) is 40.2. The molecule has 0 radical (unpaired) electrons.